The van der Waals surface area contributed by atoms with Crippen LogP contribution in [0.15, 0.2) is 30.3 Å². The van der Waals surface area contributed by atoms with Gasteiger partial charge in [-0.3, -0.25) is 0 Å². The lowest BCUT2D eigenvalue weighted by molar-refractivity contribution is 0.0172. The van der Waals surface area contributed by atoms with Crippen LogP contribution in [0.2, 0.25) is 0 Å². The summed E-state index contributed by atoms with van der Waals surface area (Å²) in [6.45, 7) is 6.88. The van der Waals surface area contributed by atoms with Crippen LogP contribution < -0.4 is 5.32 Å². The molecule has 1 aromatic rings. The second-order valence-electron chi connectivity index (χ2n) is 9.72. The van der Waals surface area contributed by atoms with E-state index in [0.717, 1.165) is 38.5 Å². The van der Waals surface area contributed by atoms with Crippen LogP contribution in [-0.4, -0.2) is 59.7 Å². The maximum Gasteiger partial charge on any atom is 0.410 e. The molecule has 6 nitrogen and oxygen atoms in total. The largest absolute Gasteiger partial charge is 0.444 e. The van der Waals surface area contributed by atoms with E-state index in [1.807, 2.05) is 32.7 Å². The van der Waals surface area contributed by atoms with Gasteiger partial charge in [0.05, 0.1) is 0 Å². The summed E-state index contributed by atoms with van der Waals surface area (Å²) in [5.74, 6) is 0.606. The van der Waals surface area contributed by atoms with E-state index in [4.69, 9.17) is 4.74 Å². The molecule has 1 aliphatic carbocycles. The van der Waals surface area contributed by atoms with Gasteiger partial charge in [0.2, 0.25) is 0 Å². The van der Waals surface area contributed by atoms with Gasteiger partial charge >= 0.3 is 12.1 Å². The monoisotopic (exact) mass is 415 g/mol. The summed E-state index contributed by atoms with van der Waals surface area (Å²) in [6, 6.07) is 11.1. The quantitative estimate of drug-likeness (QED) is 0.775. The molecule has 0 spiro atoms. The Bertz CT molecular complexity index is 700. The topological polar surface area (TPSA) is 61.9 Å². The highest BCUT2D eigenvalue weighted by Gasteiger charge is 2.31. The van der Waals surface area contributed by atoms with Crippen molar-refractivity contribution in [3.05, 3.63) is 35.9 Å². The average Bonchev–Trinajstić information content (AvgIpc) is 2.73. The summed E-state index contributed by atoms with van der Waals surface area (Å²) < 4.78 is 5.46. The van der Waals surface area contributed by atoms with Crippen LogP contribution in [0.4, 0.5) is 9.59 Å². The summed E-state index contributed by atoms with van der Waals surface area (Å²) in [7, 11) is 1.87. The van der Waals surface area contributed by atoms with E-state index in [2.05, 4.69) is 35.6 Å². The fourth-order valence-electron chi connectivity index (χ4n) is 4.50. The van der Waals surface area contributed by atoms with Crippen molar-refractivity contribution >= 4 is 12.1 Å². The lowest BCUT2D eigenvalue weighted by Gasteiger charge is -2.38. The molecule has 6 heteroatoms. The number of nitrogens with one attached hydrogen (secondary N) is 1. The van der Waals surface area contributed by atoms with Crippen LogP contribution in [0.1, 0.15) is 70.8 Å². The van der Waals surface area contributed by atoms with Gasteiger partial charge in [0.15, 0.2) is 0 Å². The molecule has 2 fully saturated rings. The minimum atomic E-state index is -0.482. The summed E-state index contributed by atoms with van der Waals surface area (Å²) in [6.07, 6.45) is 5.59. The Balaban J connectivity index is 1.41. The Morgan fingerprint density at radius 2 is 1.60 bits per heavy atom. The molecule has 0 aromatic heterocycles. The lowest BCUT2D eigenvalue weighted by atomic mass is 9.82. The first-order chi connectivity index (χ1) is 14.2. The van der Waals surface area contributed by atoms with Crippen molar-refractivity contribution in [3.63, 3.8) is 0 Å². The van der Waals surface area contributed by atoms with Crippen LogP contribution in [0.3, 0.4) is 0 Å². The van der Waals surface area contributed by atoms with E-state index in [-0.39, 0.29) is 24.2 Å². The van der Waals surface area contributed by atoms with Crippen LogP contribution in [0.25, 0.3) is 0 Å². The molecule has 3 rings (SSSR count). The smallest absolute Gasteiger partial charge is 0.410 e. The average molecular weight is 416 g/mol. The number of ether oxygens (including phenoxy) is 1. The van der Waals surface area contributed by atoms with E-state index >= 15 is 0 Å². The maximum absolute atomic E-state index is 12.8. The zero-order chi connectivity index (χ0) is 21.7. The molecule has 0 atom stereocenters. The molecule has 0 bridgehead atoms. The van der Waals surface area contributed by atoms with Gasteiger partial charge < -0.3 is 19.9 Å². The summed E-state index contributed by atoms with van der Waals surface area (Å²) >= 11 is 0. The van der Waals surface area contributed by atoms with Crippen LogP contribution in [-0.2, 0) is 4.74 Å². The second kappa shape index (κ2) is 9.71. The Hall–Kier alpha value is -2.24. The highest BCUT2D eigenvalue weighted by Crippen LogP contribution is 2.32. The number of benzene rings is 1. The second-order valence-corrected chi connectivity index (χ2v) is 9.72. The van der Waals surface area contributed by atoms with Crippen molar-refractivity contribution in [3.8, 4) is 0 Å². The highest BCUT2D eigenvalue weighted by atomic mass is 16.6. The molecule has 1 saturated carbocycles. The third kappa shape index (κ3) is 6.13. The van der Waals surface area contributed by atoms with E-state index in [1.54, 1.807) is 4.90 Å². The molecule has 1 aliphatic heterocycles. The van der Waals surface area contributed by atoms with Gasteiger partial charge in [0.1, 0.15) is 5.60 Å². The number of likely N-dealkylation sites (tertiary alicyclic amines) is 1. The molecule has 0 unspecified atom stereocenters. The number of hydrogen-bond donors (Lipinski definition) is 1. The summed E-state index contributed by atoms with van der Waals surface area (Å²) in [5.41, 5.74) is 0.931. The van der Waals surface area contributed by atoms with E-state index in [9.17, 15) is 9.59 Å². The molecule has 3 amide bonds. The van der Waals surface area contributed by atoms with E-state index in [0.29, 0.717) is 19.0 Å². The number of piperidine rings is 1. The zero-order valence-corrected chi connectivity index (χ0v) is 18.9. The third-order valence-corrected chi connectivity index (χ3v) is 6.31. The van der Waals surface area contributed by atoms with Crippen molar-refractivity contribution in [1.82, 2.24) is 15.1 Å². The van der Waals surface area contributed by atoms with Gasteiger partial charge in [-0.1, -0.05) is 30.3 Å². The van der Waals surface area contributed by atoms with Crippen LogP contribution in [0, 0.1) is 0 Å². The predicted molar refractivity (Wildman–Crippen MR) is 119 cm³/mol. The van der Waals surface area contributed by atoms with Crippen molar-refractivity contribution in [1.29, 1.82) is 0 Å². The molecule has 1 saturated heterocycles. The predicted octanol–water partition coefficient (Wildman–Crippen LogP) is 4.75. The minimum Gasteiger partial charge on any atom is -0.444 e. The Morgan fingerprint density at radius 1 is 1.00 bits per heavy atom. The molecule has 1 N–H and O–H groups in total. The summed E-state index contributed by atoms with van der Waals surface area (Å²) in [4.78, 5) is 28.6. The first-order valence-corrected chi connectivity index (χ1v) is 11.3. The highest BCUT2D eigenvalue weighted by molar-refractivity contribution is 5.74. The van der Waals surface area contributed by atoms with E-state index in [1.165, 1.54) is 5.56 Å². The zero-order valence-electron chi connectivity index (χ0n) is 18.9. The molecule has 2 aliphatic rings. The van der Waals surface area contributed by atoms with Crippen molar-refractivity contribution in [2.24, 2.45) is 0 Å². The van der Waals surface area contributed by atoms with Gasteiger partial charge in [0, 0.05) is 32.2 Å². The number of carbonyl (C=O) groups excluding carboxylic acids is 2. The fourth-order valence-corrected chi connectivity index (χ4v) is 4.50. The Morgan fingerprint density at radius 3 is 2.17 bits per heavy atom. The minimum absolute atomic E-state index is 0.00822. The van der Waals surface area contributed by atoms with Gasteiger partial charge in [-0.05, 0) is 70.8 Å². The molecular weight excluding hydrogens is 378 g/mol. The number of amides is 3. The maximum atomic E-state index is 12.8. The molecule has 0 radical (unpaired) electrons. The summed E-state index contributed by atoms with van der Waals surface area (Å²) in [5, 5.41) is 3.23. The molecule has 1 aromatic carbocycles. The Kier molecular flexibility index (Phi) is 7.27. The van der Waals surface area contributed by atoms with Crippen molar-refractivity contribution < 1.29 is 14.3 Å². The molecule has 166 valence electrons. The van der Waals surface area contributed by atoms with Gasteiger partial charge in [-0.15, -0.1) is 0 Å². The van der Waals surface area contributed by atoms with Gasteiger partial charge in [0.25, 0.3) is 0 Å². The van der Waals surface area contributed by atoms with Gasteiger partial charge in [-0.25, -0.2) is 9.59 Å². The molecule has 30 heavy (non-hydrogen) atoms. The van der Waals surface area contributed by atoms with Crippen LogP contribution in [0.5, 0.6) is 0 Å². The number of urea groups is 1. The van der Waals surface area contributed by atoms with Crippen molar-refractivity contribution in [2.45, 2.75) is 82.9 Å². The van der Waals surface area contributed by atoms with Crippen molar-refractivity contribution in [2.75, 3.05) is 20.1 Å². The molecule has 1 heterocycles. The first kappa shape index (κ1) is 22.4. The normalized spacial score (nSPS) is 23.0. The number of carbonyl (C=O) groups is 2. The van der Waals surface area contributed by atoms with Gasteiger partial charge in [-0.2, -0.15) is 0 Å². The van der Waals surface area contributed by atoms with E-state index < -0.39 is 5.60 Å². The third-order valence-electron chi connectivity index (χ3n) is 6.31. The number of nitrogens with zero attached hydrogens (tertiary/aromatic N) is 2. The Labute approximate surface area is 180 Å². The SMILES string of the molecule is CN(C(=O)N[C@H]1CC[C@@H](c2ccccc2)CC1)C1CCN(C(=O)OC(C)(C)C)CC1. The van der Waals surface area contributed by atoms with Crippen LogP contribution >= 0.6 is 0 Å². The molecular formula is C24H37N3O3. The lowest BCUT2D eigenvalue weighted by Crippen LogP contribution is -2.52. The first-order valence-electron chi connectivity index (χ1n) is 11.3. The standard InChI is InChI=1S/C24H37N3O3/c1-24(2,3)30-23(29)27-16-14-21(15-17-27)26(4)22(28)25-20-12-10-19(11-13-20)18-8-6-5-7-9-18/h5-9,19-21H,10-17H2,1-4H3,(H,25,28)/t19-,20+. The number of rotatable bonds is 3. The number of hydrogen-bond acceptors (Lipinski definition) is 3. The fraction of sp³-hybridized carbons (Fsp3) is 0.667.